The normalized spacial score (nSPS) is 12.4. The van der Waals surface area contributed by atoms with Crippen molar-refractivity contribution in [2.45, 2.75) is 25.7 Å². The molecule has 2 aromatic rings. The highest BCUT2D eigenvalue weighted by Gasteiger charge is 2.31. The van der Waals surface area contributed by atoms with Gasteiger partial charge in [0.1, 0.15) is 18.0 Å². The zero-order valence-corrected chi connectivity index (χ0v) is 15.0. The first-order chi connectivity index (χ1) is 12.7. The molecule has 6 nitrogen and oxygen atoms in total. The smallest absolute Gasteiger partial charge is 0.417 e. The summed E-state index contributed by atoms with van der Waals surface area (Å²) < 4.78 is 49.4. The van der Waals surface area contributed by atoms with E-state index in [0.29, 0.717) is 29.3 Å². The minimum Gasteiger partial charge on any atom is -0.497 e. The van der Waals surface area contributed by atoms with Crippen LogP contribution in [0.15, 0.2) is 41.3 Å². The molecule has 0 radical (unpaired) electrons. The van der Waals surface area contributed by atoms with Crippen molar-refractivity contribution < 1.29 is 27.4 Å². The quantitative estimate of drug-likeness (QED) is 0.832. The van der Waals surface area contributed by atoms with Gasteiger partial charge >= 0.3 is 6.18 Å². The first-order valence-corrected chi connectivity index (χ1v) is 7.94. The van der Waals surface area contributed by atoms with Crippen molar-refractivity contribution in [2.24, 2.45) is 0 Å². The van der Waals surface area contributed by atoms with Gasteiger partial charge in [0.05, 0.1) is 25.8 Å². The largest absolute Gasteiger partial charge is 0.497 e. The Bertz CT molecular complexity index is 878. The molecule has 0 saturated carbocycles. The number of hydrogen-bond donors (Lipinski definition) is 1. The van der Waals surface area contributed by atoms with Crippen molar-refractivity contribution in [2.75, 3.05) is 14.2 Å². The summed E-state index contributed by atoms with van der Waals surface area (Å²) in [5, 5.41) is 2.64. The molecule has 0 saturated heterocycles. The molecule has 1 N–H and O–H groups in total. The summed E-state index contributed by atoms with van der Waals surface area (Å²) in [4.78, 5) is 24.0. The summed E-state index contributed by atoms with van der Waals surface area (Å²) in [5.74, 6) is 0.449. The van der Waals surface area contributed by atoms with Crippen LogP contribution in [0.4, 0.5) is 13.2 Å². The van der Waals surface area contributed by atoms with Gasteiger partial charge in [-0.2, -0.15) is 13.2 Å². The van der Waals surface area contributed by atoms with Crippen LogP contribution in [-0.2, 0) is 17.5 Å². The van der Waals surface area contributed by atoms with Gasteiger partial charge in [-0.3, -0.25) is 9.59 Å². The molecule has 27 heavy (non-hydrogen) atoms. The highest BCUT2D eigenvalue weighted by Crippen LogP contribution is 2.29. The summed E-state index contributed by atoms with van der Waals surface area (Å²) in [6.07, 6.45) is -3.98. The first-order valence-electron chi connectivity index (χ1n) is 7.94. The van der Waals surface area contributed by atoms with Crippen LogP contribution in [0.25, 0.3) is 0 Å². The number of nitrogens with one attached hydrogen (secondary N) is 1. The number of amides is 1. The van der Waals surface area contributed by atoms with Crippen molar-refractivity contribution in [1.29, 1.82) is 0 Å². The van der Waals surface area contributed by atoms with E-state index in [1.807, 2.05) is 0 Å². The van der Waals surface area contributed by atoms with Gasteiger partial charge in [-0.05, 0) is 25.1 Å². The molecule has 1 aromatic carbocycles. The summed E-state index contributed by atoms with van der Waals surface area (Å²) in [7, 11) is 2.97. The number of nitrogens with zero attached hydrogens (tertiary/aromatic N) is 1. The number of hydrogen-bond acceptors (Lipinski definition) is 4. The molecule has 0 aliphatic carbocycles. The Hall–Kier alpha value is -2.97. The lowest BCUT2D eigenvalue weighted by molar-refractivity contribution is -0.138. The van der Waals surface area contributed by atoms with Gasteiger partial charge in [0.25, 0.3) is 5.56 Å². The molecule has 0 fully saturated rings. The van der Waals surface area contributed by atoms with Crippen molar-refractivity contribution in [3.8, 4) is 11.5 Å². The monoisotopic (exact) mass is 384 g/mol. The van der Waals surface area contributed by atoms with Gasteiger partial charge in [-0.15, -0.1) is 0 Å². The average Bonchev–Trinajstić information content (AvgIpc) is 2.61. The maximum Gasteiger partial charge on any atom is 0.417 e. The van der Waals surface area contributed by atoms with E-state index in [1.165, 1.54) is 14.2 Å². The maximum atomic E-state index is 12.8. The van der Waals surface area contributed by atoms with Crippen LogP contribution < -0.4 is 20.3 Å². The number of ether oxygens (including phenoxy) is 2. The van der Waals surface area contributed by atoms with Crippen molar-refractivity contribution >= 4 is 5.91 Å². The molecule has 1 aromatic heterocycles. The summed E-state index contributed by atoms with van der Waals surface area (Å²) >= 11 is 0. The van der Waals surface area contributed by atoms with E-state index in [0.717, 1.165) is 10.6 Å². The highest BCUT2D eigenvalue weighted by molar-refractivity contribution is 5.76. The number of benzene rings is 1. The second-order valence-electron chi connectivity index (χ2n) is 5.78. The van der Waals surface area contributed by atoms with Crippen LogP contribution in [0.3, 0.4) is 0 Å². The number of methoxy groups -OCH3 is 2. The molecule has 2 rings (SSSR count). The number of carbonyl (C=O) groups is 1. The first kappa shape index (κ1) is 20.3. The lowest BCUT2D eigenvalue weighted by Gasteiger charge is -2.18. The molecule has 0 aliphatic heterocycles. The van der Waals surface area contributed by atoms with Gasteiger partial charge in [0.15, 0.2) is 0 Å². The van der Waals surface area contributed by atoms with Crippen molar-refractivity contribution in [1.82, 2.24) is 9.88 Å². The van der Waals surface area contributed by atoms with E-state index in [9.17, 15) is 22.8 Å². The Morgan fingerprint density at radius 1 is 1.19 bits per heavy atom. The molecule has 0 bridgehead atoms. The Balaban J connectivity index is 2.15. The summed E-state index contributed by atoms with van der Waals surface area (Å²) in [6, 6.07) is 6.01. The van der Waals surface area contributed by atoms with Crippen LogP contribution >= 0.6 is 0 Å². The molecule has 9 heteroatoms. The second kappa shape index (κ2) is 8.15. The maximum absolute atomic E-state index is 12.8. The third-order valence-electron chi connectivity index (χ3n) is 3.91. The Kier molecular flexibility index (Phi) is 6.14. The third kappa shape index (κ3) is 5.02. The number of aromatic nitrogens is 1. The fourth-order valence-corrected chi connectivity index (χ4v) is 2.52. The van der Waals surface area contributed by atoms with Gasteiger partial charge in [-0.25, -0.2) is 0 Å². The van der Waals surface area contributed by atoms with E-state index < -0.39 is 35.8 Å². The van der Waals surface area contributed by atoms with E-state index in [-0.39, 0.29) is 0 Å². The van der Waals surface area contributed by atoms with Crippen LogP contribution in [0.1, 0.15) is 24.1 Å². The van der Waals surface area contributed by atoms with Crippen LogP contribution in [-0.4, -0.2) is 24.7 Å². The minimum absolute atomic E-state index is 0.485. The zero-order valence-electron chi connectivity index (χ0n) is 15.0. The van der Waals surface area contributed by atoms with Crippen LogP contribution in [0.2, 0.25) is 0 Å². The number of pyridine rings is 1. The molecule has 0 spiro atoms. The predicted octanol–water partition coefficient (Wildman–Crippen LogP) is 2.76. The Labute approximate surface area is 153 Å². The molecule has 146 valence electrons. The van der Waals surface area contributed by atoms with E-state index >= 15 is 0 Å². The van der Waals surface area contributed by atoms with Gasteiger partial charge < -0.3 is 19.4 Å². The van der Waals surface area contributed by atoms with E-state index in [4.69, 9.17) is 9.47 Å². The van der Waals surface area contributed by atoms with Crippen molar-refractivity contribution in [3.05, 3.63) is 58.0 Å². The fraction of sp³-hybridized carbons (Fsp3) is 0.333. The van der Waals surface area contributed by atoms with Gasteiger partial charge in [-0.1, -0.05) is 0 Å². The predicted molar refractivity (Wildman–Crippen MR) is 91.8 cm³/mol. The zero-order chi connectivity index (χ0) is 20.2. The number of rotatable bonds is 6. The summed E-state index contributed by atoms with van der Waals surface area (Å²) in [5.41, 5.74) is -1.05. The molecule has 1 atom stereocenters. The van der Waals surface area contributed by atoms with E-state index in [1.54, 1.807) is 25.1 Å². The molecule has 1 unspecified atom stereocenters. The fourth-order valence-electron chi connectivity index (χ4n) is 2.52. The lowest BCUT2D eigenvalue weighted by atomic mass is 10.1. The number of carbonyl (C=O) groups excluding carboxylic acids is 1. The second-order valence-corrected chi connectivity index (χ2v) is 5.78. The topological polar surface area (TPSA) is 69.6 Å². The van der Waals surface area contributed by atoms with Gasteiger partial charge in [0.2, 0.25) is 5.91 Å². The van der Waals surface area contributed by atoms with Crippen LogP contribution in [0, 0.1) is 0 Å². The highest BCUT2D eigenvalue weighted by atomic mass is 19.4. The SMILES string of the molecule is COc1ccc(C(C)NC(=O)Cn2cc(C(F)(F)F)ccc2=O)c(OC)c1. The molecular formula is C18H19F3N2O4. The number of alkyl halides is 3. The Morgan fingerprint density at radius 2 is 1.89 bits per heavy atom. The average molecular weight is 384 g/mol. The van der Waals surface area contributed by atoms with Crippen molar-refractivity contribution in [3.63, 3.8) is 0 Å². The minimum atomic E-state index is -4.60. The van der Waals surface area contributed by atoms with Crippen LogP contribution in [0.5, 0.6) is 11.5 Å². The molecule has 0 aliphatic rings. The van der Waals surface area contributed by atoms with E-state index in [2.05, 4.69) is 5.32 Å². The van der Waals surface area contributed by atoms with Gasteiger partial charge in [0, 0.05) is 23.9 Å². The molecule has 1 amide bonds. The third-order valence-corrected chi connectivity index (χ3v) is 3.91. The molecular weight excluding hydrogens is 365 g/mol. The standard InChI is InChI=1S/C18H19F3N2O4/c1-11(14-6-5-13(26-2)8-15(14)27-3)22-16(24)10-23-9-12(18(19,20)21)4-7-17(23)25/h4-9,11H,10H2,1-3H3,(H,22,24). The summed E-state index contributed by atoms with van der Waals surface area (Å²) in [6.45, 7) is 1.16. The Morgan fingerprint density at radius 3 is 2.48 bits per heavy atom. The molecule has 1 heterocycles. The lowest BCUT2D eigenvalue weighted by Crippen LogP contribution is -2.34. The number of halogens is 3.